The molecular formula is C22H22N2O5. The molecule has 0 bridgehead atoms. The molecule has 0 fully saturated rings. The number of ether oxygens (including phenoxy) is 4. The molecule has 7 heteroatoms. The van der Waals surface area contributed by atoms with E-state index >= 15 is 0 Å². The number of carbonyl (C=O) groups is 1. The third kappa shape index (κ3) is 3.08. The summed E-state index contributed by atoms with van der Waals surface area (Å²) >= 11 is 0. The molecule has 2 aromatic carbocycles. The molecule has 7 nitrogen and oxygen atoms in total. The number of carbonyl (C=O) groups excluding carboxylic acids is 1. The molecule has 0 aromatic heterocycles. The standard InChI is InChI=1S/C22H22N2O5/c1-26-17-6-5-7-18(27-2)21(17)13-8-14-11-23-16-10-20(29-4)19(28-3)9-15(16)22(25)24(14)12-13/h5-7,9-12,14H,8H2,1-4H3/t14-/m0/s1. The molecule has 0 radical (unpaired) electrons. The number of aliphatic imine (C=N–C) groups is 1. The smallest absolute Gasteiger partial charge is 0.260 e. The highest BCUT2D eigenvalue weighted by Crippen LogP contribution is 2.43. The zero-order valence-corrected chi connectivity index (χ0v) is 16.8. The van der Waals surface area contributed by atoms with Crippen LogP contribution in [0, 0.1) is 0 Å². The van der Waals surface area contributed by atoms with Crippen LogP contribution in [0.2, 0.25) is 0 Å². The molecule has 0 unspecified atom stereocenters. The van der Waals surface area contributed by atoms with Crippen molar-refractivity contribution in [1.29, 1.82) is 0 Å². The van der Waals surface area contributed by atoms with Crippen LogP contribution in [-0.4, -0.2) is 51.5 Å². The van der Waals surface area contributed by atoms with Crippen LogP contribution in [0.15, 0.2) is 41.5 Å². The van der Waals surface area contributed by atoms with Crippen LogP contribution in [0.25, 0.3) is 5.57 Å². The lowest BCUT2D eigenvalue weighted by Gasteiger charge is -2.18. The zero-order chi connectivity index (χ0) is 20.5. The van der Waals surface area contributed by atoms with E-state index in [1.165, 1.54) is 0 Å². The summed E-state index contributed by atoms with van der Waals surface area (Å²) in [6.45, 7) is 0. The van der Waals surface area contributed by atoms with Crippen molar-refractivity contribution in [2.45, 2.75) is 12.5 Å². The largest absolute Gasteiger partial charge is 0.496 e. The van der Waals surface area contributed by atoms with Crippen LogP contribution < -0.4 is 18.9 Å². The van der Waals surface area contributed by atoms with Crippen LogP contribution in [0.1, 0.15) is 22.3 Å². The summed E-state index contributed by atoms with van der Waals surface area (Å²) in [6.07, 6.45) is 4.25. The number of hydrogen-bond donors (Lipinski definition) is 0. The van der Waals surface area contributed by atoms with Gasteiger partial charge in [0.05, 0.1) is 51.3 Å². The first-order valence-electron chi connectivity index (χ1n) is 9.16. The van der Waals surface area contributed by atoms with E-state index in [1.54, 1.807) is 51.7 Å². The van der Waals surface area contributed by atoms with Gasteiger partial charge >= 0.3 is 0 Å². The van der Waals surface area contributed by atoms with E-state index in [4.69, 9.17) is 18.9 Å². The predicted molar refractivity (Wildman–Crippen MR) is 110 cm³/mol. The molecule has 1 amide bonds. The number of benzene rings is 2. The fraction of sp³-hybridized carbons (Fsp3) is 0.273. The summed E-state index contributed by atoms with van der Waals surface area (Å²) in [5.41, 5.74) is 2.82. The molecule has 150 valence electrons. The van der Waals surface area contributed by atoms with Gasteiger partial charge in [0.1, 0.15) is 11.5 Å². The maximum atomic E-state index is 13.3. The van der Waals surface area contributed by atoms with Crippen molar-refractivity contribution in [1.82, 2.24) is 4.90 Å². The molecule has 0 spiro atoms. The molecule has 1 atom stereocenters. The molecule has 2 aromatic rings. The second-order valence-electron chi connectivity index (χ2n) is 6.68. The number of hydrogen-bond acceptors (Lipinski definition) is 6. The van der Waals surface area contributed by atoms with Gasteiger partial charge in [-0.25, -0.2) is 0 Å². The Morgan fingerprint density at radius 3 is 2.17 bits per heavy atom. The van der Waals surface area contributed by atoms with Gasteiger partial charge in [-0.05, 0) is 23.8 Å². The van der Waals surface area contributed by atoms with Gasteiger partial charge in [-0.3, -0.25) is 9.79 Å². The van der Waals surface area contributed by atoms with Gasteiger partial charge < -0.3 is 23.8 Å². The Labute approximate surface area is 169 Å². The molecule has 0 aliphatic carbocycles. The van der Waals surface area contributed by atoms with E-state index in [-0.39, 0.29) is 11.9 Å². The first-order valence-corrected chi connectivity index (χ1v) is 9.16. The average Bonchev–Trinajstić information content (AvgIpc) is 3.14. The Morgan fingerprint density at radius 2 is 1.55 bits per heavy atom. The summed E-state index contributed by atoms with van der Waals surface area (Å²) in [7, 11) is 6.34. The van der Waals surface area contributed by atoms with E-state index in [0.717, 1.165) is 11.1 Å². The van der Waals surface area contributed by atoms with Crippen molar-refractivity contribution in [3.05, 3.63) is 47.7 Å². The van der Waals surface area contributed by atoms with Crippen molar-refractivity contribution in [2.75, 3.05) is 28.4 Å². The minimum Gasteiger partial charge on any atom is -0.496 e. The Hall–Kier alpha value is -3.48. The van der Waals surface area contributed by atoms with Gasteiger partial charge in [-0.2, -0.15) is 0 Å². The van der Waals surface area contributed by atoms with Crippen LogP contribution in [-0.2, 0) is 0 Å². The molecule has 0 saturated carbocycles. The first-order chi connectivity index (χ1) is 14.1. The molecule has 4 rings (SSSR count). The van der Waals surface area contributed by atoms with E-state index in [2.05, 4.69) is 4.99 Å². The zero-order valence-electron chi connectivity index (χ0n) is 16.8. The lowest BCUT2D eigenvalue weighted by molar-refractivity contribution is 0.0817. The predicted octanol–water partition coefficient (Wildman–Crippen LogP) is 3.69. The molecule has 2 aliphatic rings. The number of rotatable bonds is 5. The first kappa shape index (κ1) is 18.9. The van der Waals surface area contributed by atoms with Gasteiger partial charge in [-0.1, -0.05) is 6.07 Å². The van der Waals surface area contributed by atoms with Crippen molar-refractivity contribution in [2.24, 2.45) is 4.99 Å². The topological polar surface area (TPSA) is 69.6 Å². The number of fused-ring (bicyclic) bond motifs is 2. The van der Waals surface area contributed by atoms with Gasteiger partial charge in [0, 0.05) is 24.9 Å². The van der Waals surface area contributed by atoms with Gasteiger partial charge in [0.15, 0.2) is 11.5 Å². The normalized spacial score (nSPS) is 17.2. The number of amides is 1. The van der Waals surface area contributed by atoms with E-state index in [0.29, 0.717) is 40.7 Å². The monoisotopic (exact) mass is 394 g/mol. The third-order valence-corrected chi connectivity index (χ3v) is 5.18. The van der Waals surface area contributed by atoms with Crippen molar-refractivity contribution < 1.29 is 23.7 Å². The quantitative estimate of drug-likeness (QED) is 0.774. The fourth-order valence-corrected chi connectivity index (χ4v) is 3.76. The van der Waals surface area contributed by atoms with Crippen LogP contribution in [0.3, 0.4) is 0 Å². The van der Waals surface area contributed by atoms with Gasteiger partial charge in [0.25, 0.3) is 5.91 Å². The fourth-order valence-electron chi connectivity index (χ4n) is 3.76. The Morgan fingerprint density at radius 1 is 0.931 bits per heavy atom. The van der Waals surface area contributed by atoms with Crippen molar-refractivity contribution >= 4 is 23.4 Å². The Balaban J connectivity index is 1.78. The number of nitrogens with zero attached hydrogens (tertiary/aromatic N) is 2. The lowest BCUT2D eigenvalue weighted by atomic mass is 10.0. The van der Waals surface area contributed by atoms with Crippen molar-refractivity contribution in [3.63, 3.8) is 0 Å². The molecule has 29 heavy (non-hydrogen) atoms. The summed E-state index contributed by atoms with van der Waals surface area (Å²) in [5.74, 6) is 2.28. The average molecular weight is 394 g/mol. The van der Waals surface area contributed by atoms with Crippen LogP contribution >= 0.6 is 0 Å². The van der Waals surface area contributed by atoms with Gasteiger partial charge in [-0.15, -0.1) is 0 Å². The molecule has 0 saturated heterocycles. The minimum atomic E-state index is -0.198. The molecule has 2 aliphatic heterocycles. The second kappa shape index (κ2) is 7.50. The highest BCUT2D eigenvalue weighted by molar-refractivity contribution is 6.05. The molecule has 0 N–H and O–H groups in total. The maximum Gasteiger partial charge on any atom is 0.260 e. The summed E-state index contributed by atoms with van der Waals surface area (Å²) in [4.78, 5) is 19.6. The maximum absolute atomic E-state index is 13.3. The Bertz CT molecular complexity index is 1010. The second-order valence-corrected chi connectivity index (χ2v) is 6.68. The third-order valence-electron chi connectivity index (χ3n) is 5.18. The van der Waals surface area contributed by atoms with Crippen molar-refractivity contribution in [3.8, 4) is 23.0 Å². The van der Waals surface area contributed by atoms with E-state index < -0.39 is 0 Å². The highest BCUT2D eigenvalue weighted by Gasteiger charge is 2.34. The van der Waals surface area contributed by atoms with Crippen LogP contribution in [0.5, 0.6) is 23.0 Å². The lowest BCUT2D eigenvalue weighted by Crippen LogP contribution is -2.32. The number of methoxy groups -OCH3 is 4. The molecule has 2 heterocycles. The summed E-state index contributed by atoms with van der Waals surface area (Å²) in [6, 6.07) is 8.83. The Kier molecular flexibility index (Phi) is 4.88. The van der Waals surface area contributed by atoms with E-state index in [9.17, 15) is 4.79 Å². The molecular weight excluding hydrogens is 372 g/mol. The van der Waals surface area contributed by atoms with Crippen LogP contribution in [0.4, 0.5) is 5.69 Å². The minimum absolute atomic E-state index is 0.146. The summed E-state index contributed by atoms with van der Waals surface area (Å²) in [5, 5.41) is 0. The SMILES string of the molecule is COc1cc2c(cc1OC)C(=O)N1C=C(c3c(OC)cccc3OC)C[C@H]1C=N2. The van der Waals surface area contributed by atoms with Gasteiger partial charge in [0.2, 0.25) is 0 Å². The highest BCUT2D eigenvalue weighted by atomic mass is 16.5. The summed E-state index contributed by atoms with van der Waals surface area (Å²) < 4.78 is 21.8. The van der Waals surface area contributed by atoms with E-state index in [1.807, 2.05) is 24.4 Å².